The number of hydrogen-bond donors (Lipinski definition) is 1. The number of nitrogens with zero attached hydrogens (tertiary/aromatic N) is 2. The van der Waals surface area contributed by atoms with E-state index in [1.165, 1.54) is 19.3 Å². The second kappa shape index (κ2) is 5.48. The fourth-order valence-corrected chi connectivity index (χ4v) is 2.70. The molecule has 0 aromatic carbocycles. The zero-order chi connectivity index (χ0) is 11.4. The van der Waals surface area contributed by atoms with Crippen molar-refractivity contribution in [1.29, 1.82) is 0 Å². The molecule has 16 heavy (non-hydrogen) atoms. The molecule has 4 heteroatoms. The van der Waals surface area contributed by atoms with Crippen molar-refractivity contribution in [3.63, 3.8) is 0 Å². The summed E-state index contributed by atoms with van der Waals surface area (Å²) in [5.74, 6) is 2.86. The van der Waals surface area contributed by atoms with Crippen molar-refractivity contribution in [2.45, 2.75) is 26.2 Å². The minimum absolute atomic E-state index is 0.666. The summed E-state index contributed by atoms with van der Waals surface area (Å²) in [6.45, 7) is 2.94. The van der Waals surface area contributed by atoms with Crippen LogP contribution in [0.15, 0.2) is 12.4 Å². The zero-order valence-corrected chi connectivity index (χ0v) is 10.4. The molecular weight excluding hydrogens is 222 g/mol. The summed E-state index contributed by atoms with van der Waals surface area (Å²) < 4.78 is 0. The molecule has 1 aliphatic carbocycles. The third-order valence-corrected chi connectivity index (χ3v) is 3.71. The van der Waals surface area contributed by atoms with Crippen LogP contribution in [0, 0.1) is 18.8 Å². The van der Waals surface area contributed by atoms with Crippen LogP contribution in [0.2, 0.25) is 0 Å². The first-order chi connectivity index (χ1) is 7.79. The predicted molar refractivity (Wildman–Crippen MR) is 66.8 cm³/mol. The van der Waals surface area contributed by atoms with Crippen molar-refractivity contribution in [2.24, 2.45) is 11.8 Å². The van der Waals surface area contributed by atoms with E-state index in [2.05, 4.69) is 15.3 Å². The lowest BCUT2D eigenvalue weighted by Gasteiger charge is -2.17. The van der Waals surface area contributed by atoms with Gasteiger partial charge in [-0.15, -0.1) is 11.6 Å². The molecule has 0 spiro atoms. The molecule has 0 saturated heterocycles. The highest BCUT2D eigenvalue weighted by molar-refractivity contribution is 6.18. The molecule has 2 atom stereocenters. The SMILES string of the molecule is Cc1cnc(NCC2CCCC2CCl)nc1. The highest BCUT2D eigenvalue weighted by Crippen LogP contribution is 2.32. The van der Waals surface area contributed by atoms with E-state index >= 15 is 0 Å². The quantitative estimate of drug-likeness (QED) is 0.822. The van der Waals surface area contributed by atoms with Gasteiger partial charge in [0.05, 0.1) is 0 Å². The van der Waals surface area contributed by atoms with E-state index in [1.807, 2.05) is 19.3 Å². The van der Waals surface area contributed by atoms with Crippen LogP contribution in [0.4, 0.5) is 5.95 Å². The van der Waals surface area contributed by atoms with Crippen molar-refractivity contribution in [1.82, 2.24) is 9.97 Å². The summed E-state index contributed by atoms with van der Waals surface area (Å²) in [5.41, 5.74) is 1.09. The van der Waals surface area contributed by atoms with Gasteiger partial charge in [0.25, 0.3) is 0 Å². The largest absolute Gasteiger partial charge is 0.354 e. The number of aromatic nitrogens is 2. The summed E-state index contributed by atoms with van der Waals surface area (Å²) in [6, 6.07) is 0. The van der Waals surface area contributed by atoms with Gasteiger partial charge in [-0.25, -0.2) is 9.97 Å². The van der Waals surface area contributed by atoms with Gasteiger partial charge in [0.2, 0.25) is 5.95 Å². The second-order valence-electron chi connectivity index (χ2n) is 4.57. The molecule has 1 heterocycles. The highest BCUT2D eigenvalue weighted by atomic mass is 35.5. The van der Waals surface area contributed by atoms with Crippen molar-refractivity contribution < 1.29 is 0 Å². The minimum atomic E-state index is 0.666. The van der Waals surface area contributed by atoms with Gasteiger partial charge in [-0.3, -0.25) is 0 Å². The average molecular weight is 240 g/mol. The number of alkyl halides is 1. The molecule has 1 aliphatic rings. The molecule has 1 N–H and O–H groups in total. The fourth-order valence-electron chi connectivity index (χ4n) is 2.29. The Hall–Kier alpha value is -0.830. The number of anilines is 1. The van der Waals surface area contributed by atoms with Gasteiger partial charge in [0.1, 0.15) is 0 Å². The van der Waals surface area contributed by atoms with E-state index in [1.54, 1.807) is 0 Å². The van der Waals surface area contributed by atoms with E-state index in [0.717, 1.165) is 23.9 Å². The number of nitrogens with one attached hydrogen (secondary N) is 1. The van der Waals surface area contributed by atoms with Crippen LogP contribution in [0.1, 0.15) is 24.8 Å². The van der Waals surface area contributed by atoms with Gasteiger partial charge < -0.3 is 5.32 Å². The first-order valence-electron chi connectivity index (χ1n) is 5.88. The third kappa shape index (κ3) is 2.85. The van der Waals surface area contributed by atoms with Gasteiger partial charge in [-0.1, -0.05) is 6.42 Å². The molecule has 1 aromatic rings. The van der Waals surface area contributed by atoms with Crippen LogP contribution in [-0.2, 0) is 0 Å². The van der Waals surface area contributed by atoms with Crippen LogP contribution in [0.25, 0.3) is 0 Å². The lowest BCUT2D eigenvalue weighted by Crippen LogP contribution is -2.20. The summed E-state index contributed by atoms with van der Waals surface area (Å²) in [7, 11) is 0. The first-order valence-corrected chi connectivity index (χ1v) is 6.41. The molecule has 88 valence electrons. The van der Waals surface area contributed by atoms with Crippen molar-refractivity contribution in [3.8, 4) is 0 Å². The Bertz CT molecular complexity index is 326. The summed E-state index contributed by atoms with van der Waals surface area (Å²) >= 11 is 5.95. The Morgan fingerprint density at radius 2 is 2.00 bits per heavy atom. The van der Waals surface area contributed by atoms with Gasteiger partial charge in [-0.05, 0) is 37.2 Å². The molecule has 3 nitrogen and oxygen atoms in total. The number of halogens is 1. The molecule has 1 fully saturated rings. The molecular formula is C12H18ClN3. The molecule has 0 amide bonds. The Balaban J connectivity index is 1.85. The van der Waals surface area contributed by atoms with E-state index < -0.39 is 0 Å². The molecule has 1 aromatic heterocycles. The van der Waals surface area contributed by atoms with Crippen molar-refractivity contribution in [2.75, 3.05) is 17.7 Å². The van der Waals surface area contributed by atoms with Crippen molar-refractivity contribution >= 4 is 17.5 Å². The van der Waals surface area contributed by atoms with E-state index in [-0.39, 0.29) is 0 Å². The average Bonchev–Trinajstić information content (AvgIpc) is 2.76. The van der Waals surface area contributed by atoms with Crippen LogP contribution in [-0.4, -0.2) is 22.4 Å². The maximum Gasteiger partial charge on any atom is 0.222 e. The first kappa shape index (κ1) is 11.6. The Morgan fingerprint density at radius 1 is 1.31 bits per heavy atom. The van der Waals surface area contributed by atoms with Gasteiger partial charge in [0, 0.05) is 24.8 Å². The molecule has 2 rings (SSSR count). The Kier molecular flexibility index (Phi) is 3.99. The molecule has 0 aliphatic heterocycles. The number of rotatable bonds is 4. The van der Waals surface area contributed by atoms with Crippen LogP contribution >= 0.6 is 11.6 Å². The molecule has 0 bridgehead atoms. The van der Waals surface area contributed by atoms with E-state index in [9.17, 15) is 0 Å². The van der Waals surface area contributed by atoms with Gasteiger partial charge in [-0.2, -0.15) is 0 Å². The summed E-state index contributed by atoms with van der Waals surface area (Å²) in [5, 5.41) is 3.30. The van der Waals surface area contributed by atoms with Crippen LogP contribution in [0.3, 0.4) is 0 Å². The van der Waals surface area contributed by atoms with E-state index in [0.29, 0.717) is 11.8 Å². The lowest BCUT2D eigenvalue weighted by atomic mass is 9.98. The lowest BCUT2D eigenvalue weighted by molar-refractivity contribution is 0.443. The van der Waals surface area contributed by atoms with Gasteiger partial charge >= 0.3 is 0 Å². The second-order valence-corrected chi connectivity index (χ2v) is 4.88. The molecule has 0 radical (unpaired) electrons. The van der Waals surface area contributed by atoms with Gasteiger partial charge in [0.15, 0.2) is 0 Å². The topological polar surface area (TPSA) is 37.8 Å². The molecule has 2 unspecified atom stereocenters. The van der Waals surface area contributed by atoms with E-state index in [4.69, 9.17) is 11.6 Å². The minimum Gasteiger partial charge on any atom is -0.354 e. The Morgan fingerprint density at radius 3 is 2.69 bits per heavy atom. The Labute approximate surface area is 102 Å². The maximum atomic E-state index is 5.95. The molecule has 1 saturated carbocycles. The standard InChI is InChI=1S/C12H18ClN3/c1-9-6-14-12(15-7-9)16-8-11-4-2-3-10(11)5-13/h6-7,10-11H,2-5,8H2,1H3,(H,14,15,16). The monoisotopic (exact) mass is 239 g/mol. The van der Waals surface area contributed by atoms with Crippen LogP contribution < -0.4 is 5.32 Å². The number of aryl methyl sites for hydroxylation is 1. The maximum absolute atomic E-state index is 5.95. The number of hydrogen-bond acceptors (Lipinski definition) is 3. The summed E-state index contributed by atoms with van der Waals surface area (Å²) in [4.78, 5) is 8.47. The van der Waals surface area contributed by atoms with Crippen molar-refractivity contribution in [3.05, 3.63) is 18.0 Å². The highest BCUT2D eigenvalue weighted by Gasteiger charge is 2.26. The zero-order valence-electron chi connectivity index (χ0n) is 9.62. The summed E-state index contributed by atoms with van der Waals surface area (Å²) in [6.07, 6.45) is 7.52. The smallest absolute Gasteiger partial charge is 0.222 e. The normalized spacial score (nSPS) is 24.6. The third-order valence-electron chi connectivity index (χ3n) is 3.32. The predicted octanol–water partition coefficient (Wildman–Crippen LogP) is 2.85. The fraction of sp³-hybridized carbons (Fsp3) is 0.667. The van der Waals surface area contributed by atoms with Crippen LogP contribution in [0.5, 0.6) is 0 Å².